The Hall–Kier alpha value is -1.40. The van der Waals surface area contributed by atoms with E-state index in [0.717, 1.165) is 6.29 Å². The summed E-state index contributed by atoms with van der Waals surface area (Å²) in [5.74, 6) is 2.01. The molecule has 0 radical (unpaired) electrons. The van der Waals surface area contributed by atoms with E-state index in [0.29, 0.717) is 12.0 Å². The van der Waals surface area contributed by atoms with Gasteiger partial charge in [-0.25, -0.2) is 4.39 Å². The van der Waals surface area contributed by atoms with Crippen molar-refractivity contribution in [3.8, 4) is 0 Å². The number of rotatable bonds is 6. The second kappa shape index (κ2) is 24.8. The number of aldehydes is 1. The topological polar surface area (TPSA) is 91.7 Å². The van der Waals surface area contributed by atoms with Gasteiger partial charge in [0, 0.05) is 12.9 Å². The van der Waals surface area contributed by atoms with Crippen LogP contribution in [-0.4, -0.2) is 35.3 Å². The standard InChI is InChI=1S/C7H7NO.C6H11FO.C4H10S.C2H6.H2O.H2/c8-7(9)6-4-2-1-3-5-6;1-5(4-8)3-6(2)7;1-3-5-4-2;1-2;;/h1-5H,(H2,8,9);4-6H,3H2,1-2H3;3-4H2,1-2H3;1-2H3;1H2;1H/t;5-,6-;;;;/m.0..../s1. The number of hydrogen-bond donors (Lipinski definition) is 1. The van der Waals surface area contributed by atoms with E-state index in [4.69, 9.17) is 5.73 Å². The zero-order valence-electron chi connectivity index (χ0n) is 16.4. The number of carbonyl (C=O) groups excluding carboxylic acids is 2. The van der Waals surface area contributed by atoms with E-state index in [-0.39, 0.29) is 18.7 Å². The molecule has 4 N–H and O–H groups in total. The van der Waals surface area contributed by atoms with Gasteiger partial charge in [0.25, 0.3) is 0 Å². The molecule has 0 saturated heterocycles. The predicted molar refractivity (Wildman–Crippen MR) is 111 cm³/mol. The van der Waals surface area contributed by atoms with E-state index < -0.39 is 6.17 Å². The van der Waals surface area contributed by atoms with Crippen LogP contribution in [0, 0.1) is 5.92 Å². The van der Waals surface area contributed by atoms with Crippen LogP contribution in [0.4, 0.5) is 4.39 Å². The van der Waals surface area contributed by atoms with Crippen molar-refractivity contribution in [1.29, 1.82) is 0 Å². The van der Waals surface area contributed by atoms with Crippen molar-refractivity contribution in [3.63, 3.8) is 0 Å². The van der Waals surface area contributed by atoms with Crippen molar-refractivity contribution in [2.24, 2.45) is 11.7 Å². The summed E-state index contributed by atoms with van der Waals surface area (Å²) in [5.41, 5.74) is 5.53. The van der Waals surface area contributed by atoms with Crippen LogP contribution in [0.15, 0.2) is 30.3 Å². The smallest absolute Gasteiger partial charge is 0.248 e. The van der Waals surface area contributed by atoms with Crippen molar-refractivity contribution in [2.45, 2.75) is 54.1 Å². The highest BCUT2D eigenvalue weighted by molar-refractivity contribution is 7.99. The molecule has 1 aromatic rings. The number of amides is 1. The zero-order valence-corrected chi connectivity index (χ0v) is 17.2. The SMILES string of the molecule is CC.CCSCC.C[C@H](F)C[C@H](C)C=O.NC(=O)c1ccccc1.O.[HH]. The predicted octanol–water partition coefficient (Wildman–Crippen LogP) is 4.56. The van der Waals surface area contributed by atoms with Crippen LogP contribution in [-0.2, 0) is 4.79 Å². The number of carbonyl (C=O) groups is 2. The first-order chi connectivity index (χ1) is 11.4. The summed E-state index contributed by atoms with van der Waals surface area (Å²) >= 11 is 1.96. The molecule has 6 heteroatoms. The number of thioether (sulfide) groups is 1. The quantitative estimate of drug-likeness (QED) is 0.734. The van der Waals surface area contributed by atoms with Gasteiger partial charge in [0.2, 0.25) is 5.91 Å². The summed E-state index contributed by atoms with van der Waals surface area (Å²) in [6, 6.07) is 8.76. The van der Waals surface area contributed by atoms with Gasteiger partial charge in [-0.3, -0.25) is 4.79 Å². The second-order valence-electron chi connectivity index (χ2n) is 4.64. The van der Waals surface area contributed by atoms with Crippen molar-refractivity contribution < 1.29 is 20.9 Å². The summed E-state index contributed by atoms with van der Waals surface area (Å²) in [6.45, 7) is 11.5. The van der Waals surface area contributed by atoms with E-state index in [1.807, 2.05) is 31.7 Å². The minimum absolute atomic E-state index is 0. The van der Waals surface area contributed by atoms with Gasteiger partial charge in [0.1, 0.15) is 6.29 Å². The Morgan fingerprint density at radius 1 is 1.20 bits per heavy atom. The second-order valence-corrected chi connectivity index (χ2v) is 6.20. The van der Waals surface area contributed by atoms with Crippen molar-refractivity contribution >= 4 is 24.0 Å². The molecule has 1 rings (SSSR count). The lowest BCUT2D eigenvalue weighted by Crippen LogP contribution is -2.09. The Morgan fingerprint density at radius 2 is 1.64 bits per heavy atom. The molecule has 0 bridgehead atoms. The highest BCUT2D eigenvalue weighted by Crippen LogP contribution is 2.04. The zero-order chi connectivity index (χ0) is 19.4. The number of benzene rings is 1. The van der Waals surface area contributed by atoms with Crippen molar-refractivity contribution in [1.82, 2.24) is 0 Å². The van der Waals surface area contributed by atoms with Gasteiger partial charge in [0.05, 0.1) is 6.17 Å². The van der Waals surface area contributed by atoms with Gasteiger partial charge in [-0.1, -0.05) is 52.8 Å². The molecule has 0 aliphatic carbocycles. The van der Waals surface area contributed by atoms with E-state index in [9.17, 15) is 14.0 Å². The van der Waals surface area contributed by atoms with Gasteiger partial charge < -0.3 is 16.0 Å². The maximum Gasteiger partial charge on any atom is 0.248 e. The van der Waals surface area contributed by atoms with Gasteiger partial charge in [-0.2, -0.15) is 11.8 Å². The van der Waals surface area contributed by atoms with Crippen molar-refractivity contribution in [2.75, 3.05) is 11.5 Å². The number of primary amides is 1. The molecular formula is C19H38FNO3S. The number of halogens is 1. The molecule has 0 aliphatic heterocycles. The summed E-state index contributed by atoms with van der Waals surface area (Å²) in [7, 11) is 0. The Balaban J connectivity index is -0.0000000805. The number of alkyl halides is 1. The average molecular weight is 380 g/mol. The lowest BCUT2D eigenvalue weighted by molar-refractivity contribution is -0.111. The molecule has 0 heterocycles. The van der Waals surface area contributed by atoms with Crippen LogP contribution in [0.1, 0.15) is 59.7 Å². The molecule has 0 aliphatic rings. The maximum atomic E-state index is 12.0. The molecule has 0 unspecified atom stereocenters. The Morgan fingerprint density at radius 3 is 1.80 bits per heavy atom. The van der Waals surface area contributed by atoms with Crippen LogP contribution in [0.2, 0.25) is 0 Å². The summed E-state index contributed by atoms with van der Waals surface area (Å²) in [5, 5.41) is 0. The monoisotopic (exact) mass is 379 g/mol. The third kappa shape index (κ3) is 27.7. The highest BCUT2D eigenvalue weighted by Gasteiger charge is 2.04. The molecule has 0 spiro atoms. The van der Waals surface area contributed by atoms with Gasteiger partial charge >= 0.3 is 0 Å². The normalized spacial score (nSPS) is 10.7. The van der Waals surface area contributed by atoms with Gasteiger partial charge in [-0.15, -0.1) is 0 Å². The minimum atomic E-state index is -0.852. The molecule has 25 heavy (non-hydrogen) atoms. The largest absolute Gasteiger partial charge is 0.412 e. The van der Waals surface area contributed by atoms with E-state index in [1.165, 1.54) is 18.4 Å². The van der Waals surface area contributed by atoms with Crippen LogP contribution in [0.5, 0.6) is 0 Å². The number of hydrogen-bond acceptors (Lipinski definition) is 3. The van der Waals surface area contributed by atoms with Crippen molar-refractivity contribution in [3.05, 3.63) is 35.9 Å². The maximum absolute atomic E-state index is 12.0. The molecule has 150 valence electrons. The molecule has 0 saturated carbocycles. The third-order valence-corrected chi connectivity index (χ3v) is 3.21. The van der Waals surface area contributed by atoms with Crippen LogP contribution in [0.25, 0.3) is 0 Å². The van der Waals surface area contributed by atoms with E-state index in [2.05, 4.69) is 13.8 Å². The Labute approximate surface area is 158 Å². The van der Waals surface area contributed by atoms with E-state index >= 15 is 0 Å². The minimum Gasteiger partial charge on any atom is -0.412 e. The molecule has 1 aromatic carbocycles. The van der Waals surface area contributed by atoms with Crippen LogP contribution < -0.4 is 5.73 Å². The third-order valence-electron chi connectivity index (χ3n) is 2.40. The lowest BCUT2D eigenvalue weighted by atomic mass is 10.1. The van der Waals surface area contributed by atoms with Gasteiger partial charge in [0.15, 0.2) is 0 Å². The van der Waals surface area contributed by atoms with E-state index in [1.54, 1.807) is 31.2 Å². The van der Waals surface area contributed by atoms with Crippen LogP contribution in [0.3, 0.4) is 0 Å². The first-order valence-electron chi connectivity index (χ1n) is 8.40. The fourth-order valence-corrected chi connectivity index (χ4v) is 1.78. The molecule has 0 fully saturated rings. The fourth-order valence-electron chi connectivity index (χ4n) is 1.37. The molecule has 2 atom stereocenters. The summed E-state index contributed by atoms with van der Waals surface area (Å²) in [4.78, 5) is 20.3. The van der Waals surface area contributed by atoms with Gasteiger partial charge in [-0.05, 0) is 37.0 Å². The van der Waals surface area contributed by atoms with Crippen LogP contribution >= 0.6 is 11.8 Å². The highest BCUT2D eigenvalue weighted by atomic mass is 32.2. The number of nitrogens with two attached hydrogens (primary N) is 1. The Kier molecular flexibility index (Phi) is 31.2. The first kappa shape index (κ1) is 31.4. The first-order valence-corrected chi connectivity index (χ1v) is 9.56. The summed E-state index contributed by atoms with van der Waals surface area (Å²) < 4.78 is 12.0. The average Bonchev–Trinajstić information content (AvgIpc) is 2.58. The molecular weight excluding hydrogens is 341 g/mol. The lowest BCUT2D eigenvalue weighted by Gasteiger charge is -2.01. The Bertz CT molecular complexity index is 394. The molecule has 4 nitrogen and oxygen atoms in total. The molecule has 0 aromatic heterocycles. The molecule has 1 amide bonds. The summed E-state index contributed by atoms with van der Waals surface area (Å²) in [6.07, 6.45) is 0.273. The fraction of sp³-hybridized carbons (Fsp3) is 0.579.